The van der Waals surface area contributed by atoms with Gasteiger partial charge in [0.05, 0.1) is 24.7 Å². The first-order valence-corrected chi connectivity index (χ1v) is 8.49. The van der Waals surface area contributed by atoms with Gasteiger partial charge < -0.3 is 9.47 Å². The predicted octanol–water partition coefficient (Wildman–Crippen LogP) is 1.72. The van der Waals surface area contributed by atoms with E-state index in [0.29, 0.717) is 44.5 Å². The third-order valence-corrected chi connectivity index (χ3v) is 5.16. The molecule has 0 spiro atoms. The first-order chi connectivity index (χ1) is 9.64. The van der Waals surface area contributed by atoms with Crippen molar-refractivity contribution < 1.29 is 17.9 Å². The maximum absolute atomic E-state index is 12.4. The van der Waals surface area contributed by atoms with Crippen molar-refractivity contribution in [1.82, 2.24) is 4.31 Å². The number of morpholine rings is 1. The second kappa shape index (κ2) is 7.26. The molecule has 1 fully saturated rings. The minimum atomic E-state index is -3.43. The smallest absolute Gasteiger partial charge is 0.243 e. The lowest BCUT2D eigenvalue weighted by Crippen LogP contribution is -2.40. The standard InChI is InChI=1S/C13H18ClNO4S/c14-6-1-9-19-12-2-4-13(5-3-12)20(16,17)15-7-10-18-11-8-15/h2-5H,1,6-11H2. The molecule has 1 heterocycles. The lowest BCUT2D eigenvalue weighted by molar-refractivity contribution is 0.0730. The normalized spacial score (nSPS) is 17.1. The first kappa shape index (κ1) is 15.6. The fourth-order valence-corrected chi connectivity index (χ4v) is 3.41. The zero-order chi connectivity index (χ0) is 14.4. The molecule has 0 aliphatic carbocycles. The van der Waals surface area contributed by atoms with Crippen LogP contribution in [0.25, 0.3) is 0 Å². The van der Waals surface area contributed by atoms with E-state index >= 15 is 0 Å². The molecular formula is C13H18ClNO4S. The van der Waals surface area contributed by atoms with Gasteiger partial charge in [-0.3, -0.25) is 0 Å². The number of hydrogen-bond acceptors (Lipinski definition) is 4. The molecule has 20 heavy (non-hydrogen) atoms. The third-order valence-electron chi connectivity index (χ3n) is 2.98. The zero-order valence-corrected chi connectivity index (χ0v) is 12.7. The van der Waals surface area contributed by atoms with Crippen molar-refractivity contribution in [2.24, 2.45) is 0 Å². The molecule has 112 valence electrons. The molecule has 0 bridgehead atoms. The van der Waals surface area contributed by atoms with Crippen LogP contribution in [0.5, 0.6) is 5.75 Å². The summed E-state index contributed by atoms with van der Waals surface area (Å²) in [5.74, 6) is 1.19. The van der Waals surface area contributed by atoms with Crippen LogP contribution in [0.2, 0.25) is 0 Å². The maximum Gasteiger partial charge on any atom is 0.243 e. The Labute approximate surface area is 124 Å². The van der Waals surface area contributed by atoms with Crippen LogP contribution in [0, 0.1) is 0 Å². The van der Waals surface area contributed by atoms with E-state index in [9.17, 15) is 8.42 Å². The molecule has 1 aliphatic heterocycles. The largest absolute Gasteiger partial charge is 0.494 e. The van der Waals surface area contributed by atoms with Crippen LogP contribution in [-0.2, 0) is 14.8 Å². The number of benzene rings is 1. The minimum Gasteiger partial charge on any atom is -0.494 e. The summed E-state index contributed by atoms with van der Waals surface area (Å²) >= 11 is 5.56. The van der Waals surface area contributed by atoms with Gasteiger partial charge in [-0.05, 0) is 30.7 Å². The number of nitrogens with zero attached hydrogens (tertiary/aromatic N) is 1. The lowest BCUT2D eigenvalue weighted by Gasteiger charge is -2.26. The van der Waals surface area contributed by atoms with Gasteiger partial charge in [0.15, 0.2) is 0 Å². The molecule has 1 saturated heterocycles. The van der Waals surface area contributed by atoms with E-state index < -0.39 is 10.0 Å². The van der Waals surface area contributed by atoms with Crippen LogP contribution in [0.4, 0.5) is 0 Å². The molecule has 0 saturated carbocycles. The van der Waals surface area contributed by atoms with Crippen molar-refractivity contribution in [2.45, 2.75) is 11.3 Å². The van der Waals surface area contributed by atoms with Gasteiger partial charge in [-0.1, -0.05) is 0 Å². The number of hydrogen-bond donors (Lipinski definition) is 0. The SMILES string of the molecule is O=S(=O)(c1ccc(OCCCCl)cc1)N1CCOCC1. The van der Waals surface area contributed by atoms with Gasteiger partial charge in [0.2, 0.25) is 10.0 Å². The van der Waals surface area contributed by atoms with Crippen molar-refractivity contribution in [3.05, 3.63) is 24.3 Å². The molecule has 0 unspecified atom stereocenters. The molecular weight excluding hydrogens is 302 g/mol. The quantitative estimate of drug-likeness (QED) is 0.592. The van der Waals surface area contributed by atoms with E-state index in [1.165, 1.54) is 4.31 Å². The fraction of sp³-hybridized carbons (Fsp3) is 0.538. The molecule has 1 aromatic carbocycles. The van der Waals surface area contributed by atoms with Crippen molar-refractivity contribution in [3.63, 3.8) is 0 Å². The summed E-state index contributed by atoms with van der Waals surface area (Å²) in [5.41, 5.74) is 0. The van der Waals surface area contributed by atoms with E-state index in [0.717, 1.165) is 6.42 Å². The third kappa shape index (κ3) is 3.85. The predicted molar refractivity (Wildman–Crippen MR) is 76.9 cm³/mol. The Morgan fingerprint density at radius 1 is 1.20 bits per heavy atom. The van der Waals surface area contributed by atoms with Gasteiger partial charge in [0, 0.05) is 19.0 Å². The van der Waals surface area contributed by atoms with Crippen molar-refractivity contribution in [3.8, 4) is 5.75 Å². The van der Waals surface area contributed by atoms with Crippen molar-refractivity contribution in [1.29, 1.82) is 0 Å². The number of alkyl halides is 1. The Balaban J connectivity index is 2.04. The van der Waals surface area contributed by atoms with Crippen molar-refractivity contribution in [2.75, 3.05) is 38.8 Å². The van der Waals surface area contributed by atoms with Crippen LogP contribution in [-0.4, -0.2) is 51.5 Å². The highest BCUT2D eigenvalue weighted by molar-refractivity contribution is 7.89. The highest BCUT2D eigenvalue weighted by Crippen LogP contribution is 2.20. The van der Waals surface area contributed by atoms with Gasteiger partial charge in [-0.15, -0.1) is 11.6 Å². The second-order valence-electron chi connectivity index (χ2n) is 4.38. The van der Waals surface area contributed by atoms with Crippen LogP contribution < -0.4 is 4.74 Å². The van der Waals surface area contributed by atoms with E-state index in [1.54, 1.807) is 24.3 Å². The molecule has 1 aliphatic rings. The number of halogens is 1. The Hall–Kier alpha value is -0.820. The topological polar surface area (TPSA) is 55.8 Å². The summed E-state index contributed by atoms with van der Waals surface area (Å²) < 4.78 is 36.8. The number of rotatable bonds is 6. The summed E-state index contributed by atoms with van der Waals surface area (Å²) in [6.07, 6.45) is 0.759. The lowest BCUT2D eigenvalue weighted by atomic mass is 10.3. The van der Waals surface area contributed by atoms with E-state index in [4.69, 9.17) is 21.1 Å². The average molecular weight is 320 g/mol. The zero-order valence-electron chi connectivity index (χ0n) is 11.1. The molecule has 5 nitrogen and oxygen atoms in total. The molecule has 7 heteroatoms. The summed E-state index contributed by atoms with van der Waals surface area (Å²) in [6.45, 7) is 2.21. The van der Waals surface area contributed by atoms with Crippen LogP contribution in [0.1, 0.15) is 6.42 Å². The summed E-state index contributed by atoms with van der Waals surface area (Å²) in [7, 11) is -3.43. The van der Waals surface area contributed by atoms with Crippen molar-refractivity contribution >= 4 is 21.6 Å². The average Bonchev–Trinajstić information content (AvgIpc) is 2.49. The Kier molecular flexibility index (Phi) is 5.65. The fourth-order valence-electron chi connectivity index (χ4n) is 1.89. The van der Waals surface area contributed by atoms with Crippen LogP contribution in [0.15, 0.2) is 29.2 Å². The molecule has 0 aromatic heterocycles. The Morgan fingerprint density at radius 2 is 1.85 bits per heavy atom. The summed E-state index contributed by atoms with van der Waals surface area (Å²) in [6, 6.07) is 6.48. The molecule has 0 amide bonds. The van der Waals surface area contributed by atoms with E-state index in [-0.39, 0.29) is 4.90 Å². The van der Waals surface area contributed by atoms with E-state index in [2.05, 4.69) is 0 Å². The molecule has 0 atom stereocenters. The van der Waals surface area contributed by atoms with Gasteiger partial charge in [0.25, 0.3) is 0 Å². The highest BCUT2D eigenvalue weighted by atomic mass is 35.5. The highest BCUT2D eigenvalue weighted by Gasteiger charge is 2.26. The monoisotopic (exact) mass is 319 g/mol. The molecule has 0 N–H and O–H groups in total. The summed E-state index contributed by atoms with van der Waals surface area (Å²) in [4.78, 5) is 0.282. The molecule has 0 radical (unpaired) electrons. The molecule has 1 aromatic rings. The summed E-state index contributed by atoms with van der Waals surface area (Å²) in [5, 5.41) is 0. The second-order valence-corrected chi connectivity index (χ2v) is 6.69. The van der Waals surface area contributed by atoms with Crippen LogP contribution >= 0.6 is 11.6 Å². The Morgan fingerprint density at radius 3 is 2.45 bits per heavy atom. The number of ether oxygens (including phenoxy) is 2. The maximum atomic E-state index is 12.4. The first-order valence-electron chi connectivity index (χ1n) is 6.51. The molecule has 2 rings (SSSR count). The van der Waals surface area contributed by atoms with Crippen LogP contribution in [0.3, 0.4) is 0 Å². The minimum absolute atomic E-state index is 0.282. The van der Waals surface area contributed by atoms with Gasteiger partial charge in [-0.2, -0.15) is 4.31 Å². The van der Waals surface area contributed by atoms with Gasteiger partial charge in [-0.25, -0.2) is 8.42 Å². The van der Waals surface area contributed by atoms with Gasteiger partial charge in [0.1, 0.15) is 5.75 Å². The van der Waals surface area contributed by atoms with Gasteiger partial charge >= 0.3 is 0 Å². The number of sulfonamides is 1. The van der Waals surface area contributed by atoms with E-state index in [1.807, 2.05) is 0 Å². The Bertz CT molecular complexity index is 512.